The molecule has 2 N–H and O–H groups in total. The van der Waals surface area contributed by atoms with Gasteiger partial charge in [0.25, 0.3) is 0 Å². The average molecular weight is 425 g/mol. The summed E-state index contributed by atoms with van der Waals surface area (Å²) in [7, 11) is -3.89. The second-order valence-electron chi connectivity index (χ2n) is 4.66. The largest absolute Gasteiger partial charge is 0.478 e. The van der Waals surface area contributed by atoms with Crippen LogP contribution in [0.25, 0.3) is 0 Å². The summed E-state index contributed by atoms with van der Waals surface area (Å²) in [6.45, 7) is 0. The number of nitrogens with one attached hydrogen (secondary N) is 1. The summed E-state index contributed by atoms with van der Waals surface area (Å²) in [6.07, 6.45) is 2.88. The number of carboxylic acid groups (broad SMARTS) is 1. The van der Waals surface area contributed by atoms with Gasteiger partial charge in [-0.1, -0.05) is 6.08 Å². The third kappa shape index (κ3) is 3.73. The molecule has 0 radical (unpaired) electrons. The fraction of sp³-hybridized carbons (Fsp3) is 0.308. The lowest BCUT2D eigenvalue weighted by Gasteiger charge is -2.22. The Morgan fingerprint density at radius 3 is 2.76 bits per heavy atom. The van der Waals surface area contributed by atoms with Gasteiger partial charge in [0.2, 0.25) is 10.0 Å². The van der Waals surface area contributed by atoms with Crippen LogP contribution >= 0.6 is 22.6 Å². The molecule has 1 unspecified atom stereocenters. The highest BCUT2D eigenvalue weighted by atomic mass is 127. The molecule has 1 aromatic rings. The van der Waals surface area contributed by atoms with Crippen molar-refractivity contribution in [2.45, 2.75) is 24.5 Å². The maximum atomic E-state index is 13.0. The molecule has 0 saturated carbocycles. The summed E-state index contributed by atoms with van der Waals surface area (Å²) in [6, 6.07) is 3.67. The first-order valence-corrected chi connectivity index (χ1v) is 8.84. The molecule has 114 valence electrons. The number of allylic oxidation sites excluding steroid dienone is 1. The van der Waals surface area contributed by atoms with Gasteiger partial charge in [-0.05, 0) is 60.1 Å². The van der Waals surface area contributed by atoms with Crippen LogP contribution in [0.4, 0.5) is 10.1 Å². The van der Waals surface area contributed by atoms with E-state index < -0.39 is 27.1 Å². The average Bonchev–Trinajstić information content (AvgIpc) is 2.42. The van der Waals surface area contributed by atoms with Gasteiger partial charge in [0.15, 0.2) is 0 Å². The minimum absolute atomic E-state index is 0.106. The summed E-state index contributed by atoms with van der Waals surface area (Å²) < 4.78 is 40.6. The van der Waals surface area contributed by atoms with Gasteiger partial charge in [-0.3, -0.25) is 4.72 Å². The van der Waals surface area contributed by atoms with Gasteiger partial charge in [-0.15, -0.1) is 0 Å². The molecular formula is C13H13FINO4S. The molecule has 8 heteroatoms. The van der Waals surface area contributed by atoms with Crippen LogP contribution < -0.4 is 4.72 Å². The van der Waals surface area contributed by atoms with E-state index in [2.05, 4.69) is 4.72 Å². The highest BCUT2D eigenvalue weighted by Crippen LogP contribution is 2.28. The lowest BCUT2D eigenvalue weighted by molar-refractivity contribution is -0.132. The second kappa shape index (κ2) is 6.30. The Hall–Kier alpha value is -1.16. The predicted octanol–water partition coefficient (Wildman–Crippen LogP) is 2.74. The molecule has 1 aliphatic carbocycles. The molecule has 0 fully saturated rings. The van der Waals surface area contributed by atoms with E-state index in [0.717, 1.165) is 6.07 Å². The summed E-state index contributed by atoms with van der Waals surface area (Å²) in [5, 5.41) is 8.02. The first kappa shape index (κ1) is 16.2. The molecule has 5 nitrogen and oxygen atoms in total. The van der Waals surface area contributed by atoms with Gasteiger partial charge in [0.05, 0.1) is 11.3 Å². The highest BCUT2D eigenvalue weighted by molar-refractivity contribution is 14.1. The first-order valence-electron chi connectivity index (χ1n) is 6.21. The van der Waals surface area contributed by atoms with E-state index >= 15 is 0 Å². The van der Waals surface area contributed by atoms with Crippen molar-refractivity contribution >= 4 is 44.3 Å². The van der Waals surface area contributed by atoms with Crippen molar-refractivity contribution in [3.63, 3.8) is 0 Å². The number of sulfonamides is 1. The van der Waals surface area contributed by atoms with Gasteiger partial charge in [-0.2, -0.15) is 0 Å². The van der Waals surface area contributed by atoms with Crippen LogP contribution in [0, 0.1) is 9.39 Å². The minimum atomic E-state index is -3.89. The molecule has 0 bridgehead atoms. The summed E-state index contributed by atoms with van der Waals surface area (Å²) in [4.78, 5) is 11.2. The van der Waals surface area contributed by atoms with E-state index in [1.54, 1.807) is 0 Å². The Labute approximate surface area is 135 Å². The van der Waals surface area contributed by atoms with E-state index in [1.165, 1.54) is 18.2 Å². The minimum Gasteiger partial charge on any atom is -0.478 e. The van der Waals surface area contributed by atoms with Crippen LogP contribution in [0.3, 0.4) is 0 Å². The number of anilines is 1. The van der Waals surface area contributed by atoms with Gasteiger partial charge in [-0.25, -0.2) is 17.6 Å². The van der Waals surface area contributed by atoms with E-state index in [4.69, 9.17) is 5.11 Å². The van der Waals surface area contributed by atoms with Crippen LogP contribution in [-0.4, -0.2) is 24.7 Å². The molecule has 1 atom stereocenters. The summed E-state index contributed by atoms with van der Waals surface area (Å²) in [5.74, 6) is -1.69. The Morgan fingerprint density at radius 2 is 2.14 bits per heavy atom. The number of aliphatic carboxylic acids is 1. The standard InChI is InChI=1S/C13H13FINO4S/c14-8-5-6-11(10(15)7-8)16-21(19,20)12-4-2-1-3-9(12)13(17)18/h3,5-7,12,16H,1-2,4H2,(H,17,18). The van der Waals surface area contributed by atoms with Crippen LogP contribution in [0.2, 0.25) is 0 Å². The van der Waals surface area contributed by atoms with Gasteiger partial charge in [0.1, 0.15) is 11.1 Å². The summed E-state index contributed by atoms with van der Waals surface area (Å²) >= 11 is 1.82. The number of rotatable bonds is 4. The van der Waals surface area contributed by atoms with Crippen LogP contribution in [0.1, 0.15) is 19.3 Å². The number of halogens is 2. The molecule has 0 spiro atoms. The Morgan fingerprint density at radius 1 is 1.43 bits per heavy atom. The van der Waals surface area contributed by atoms with Crippen LogP contribution in [0.5, 0.6) is 0 Å². The maximum absolute atomic E-state index is 13.0. The molecule has 0 amide bonds. The lowest BCUT2D eigenvalue weighted by Crippen LogP contribution is -2.34. The Balaban J connectivity index is 2.31. The molecule has 1 aromatic carbocycles. The van der Waals surface area contributed by atoms with E-state index in [-0.39, 0.29) is 17.7 Å². The highest BCUT2D eigenvalue weighted by Gasteiger charge is 2.34. The van der Waals surface area contributed by atoms with Crippen molar-refractivity contribution in [1.29, 1.82) is 0 Å². The predicted molar refractivity (Wildman–Crippen MR) is 85.0 cm³/mol. The SMILES string of the molecule is O=C(O)C1=CCCCC1S(=O)(=O)Nc1ccc(F)cc1I. The molecule has 21 heavy (non-hydrogen) atoms. The summed E-state index contributed by atoms with van der Waals surface area (Å²) in [5.41, 5.74) is 0.137. The maximum Gasteiger partial charge on any atom is 0.332 e. The van der Waals surface area contributed by atoms with Crippen molar-refractivity contribution in [2.24, 2.45) is 0 Å². The monoisotopic (exact) mass is 425 g/mol. The first-order chi connectivity index (χ1) is 9.81. The topological polar surface area (TPSA) is 83.5 Å². The van der Waals surface area contributed by atoms with Crippen molar-refractivity contribution < 1.29 is 22.7 Å². The second-order valence-corrected chi connectivity index (χ2v) is 7.68. The zero-order valence-electron chi connectivity index (χ0n) is 10.8. The third-order valence-corrected chi connectivity index (χ3v) is 5.82. The quantitative estimate of drug-likeness (QED) is 0.727. The van der Waals surface area contributed by atoms with Crippen molar-refractivity contribution in [1.82, 2.24) is 0 Å². The van der Waals surface area contributed by atoms with Crippen molar-refractivity contribution in [3.8, 4) is 0 Å². The van der Waals surface area contributed by atoms with Crippen molar-refractivity contribution in [2.75, 3.05) is 4.72 Å². The van der Waals surface area contributed by atoms with E-state index in [1.807, 2.05) is 22.6 Å². The molecule has 0 saturated heterocycles. The molecule has 0 heterocycles. The van der Waals surface area contributed by atoms with Crippen LogP contribution in [-0.2, 0) is 14.8 Å². The Kier molecular flexibility index (Phi) is 4.87. The molecule has 0 aliphatic heterocycles. The Bertz CT molecular complexity index is 702. The third-order valence-electron chi connectivity index (χ3n) is 3.19. The van der Waals surface area contributed by atoms with Gasteiger partial charge < -0.3 is 5.11 Å². The smallest absolute Gasteiger partial charge is 0.332 e. The molecule has 0 aromatic heterocycles. The van der Waals surface area contributed by atoms with E-state index in [9.17, 15) is 17.6 Å². The molecule has 1 aliphatic rings. The molecule has 2 rings (SSSR count). The van der Waals surface area contributed by atoms with Crippen LogP contribution in [0.15, 0.2) is 29.8 Å². The number of benzene rings is 1. The number of carboxylic acids is 1. The number of hydrogen-bond donors (Lipinski definition) is 2. The zero-order valence-corrected chi connectivity index (χ0v) is 13.8. The number of carbonyl (C=O) groups is 1. The fourth-order valence-electron chi connectivity index (χ4n) is 2.19. The normalized spacial score (nSPS) is 19.0. The number of hydrogen-bond acceptors (Lipinski definition) is 3. The van der Waals surface area contributed by atoms with Crippen molar-refractivity contribution in [3.05, 3.63) is 39.2 Å². The van der Waals surface area contributed by atoms with Gasteiger partial charge in [0, 0.05) is 3.57 Å². The van der Waals surface area contributed by atoms with Gasteiger partial charge >= 0.3 is 5.97 Å². The fourth-order valence-corrected chi connectivity index (χ4v) is 4.62. The lowest BCUT2D eigenvalue weighted by atomic mass is 9.99. The molecular weight excluding hydrogens is 412 g/mol. The van der Waals surface area contributed by atoms with E-state index in [0.29, 0.717) is 16.4 Å². The zero-order chi connectivity index (χ0) is 15.6.